The average Bonchev–Trinajstić information content (AvgIpc) is 3.26. The summed E-state index contributed by atoms with van der Waals surface area (Å²) in [5.41, 5.74) is 3.74. The number of benzene rings is 1. The molecule has 0 fully saturated rings. The number of nitrogens with zero attached hydrogens (tertiary/aromatic N) is 4. The van der Waals surface area contributed by atoms with Crippen LogP contribution in [0.3, 0.4) is 0 Å². The number of hydrogen-bond donors (Lipinski definition) is 1. The standard InChI is InChI=1S/C21H23N5O5S/c1-12-5-6-13(2)17(7-12)23-18(27)8-19-22-16(11-32-19)10-31-20(28)9-25-15(4)21(26(29)30)14(3)24-25/h5-7,11H,8-10H2,1-4H3,(H,23,27). The summed E-state index contributed by atoms with van der Waals surface area (Å²) < 4.78 is 6.46. The van der Waals surface area contributed by atoms with Crippen molar-refractivity contribution in [3.05, 3.63) is 66.9 Å². The van der Waals surface area contributed by atoms with Gasteiger partial charge in [0.1, 0.15) is 29.5 Å². The molecule has 1 amide bonds. The van der Waals surface area contributed by atoms with Crippen LogP contribution in [0.5, 0.6) is 0 Å². The second-order valence-corrected chi connectivity index (χ2v) is 8.31. The van der Waals surface area contributed by atoms with Gasteiger partial charge in [0, 0.05) is 11.1 Å². The second-order valence-electron chi connectivity index (χ2n) is 7.37. The lowest BCUT2D eigenvalue weighted by Gasteiger charge is -2.08. The minimum Gasteiger partial charge on any atom is -0.458 e. The van der Waals surface area contributed by atoms with E-state index in [1.54, 1.807) is 5.38 Å². The van der Waals surface area contributed by atoms with E-state index in [2.05, 4.69) is 15.4 Å². The van der Waals surface area contributed by atoms with Gasteiger partial charge >= 0.3 is 11.7 Å². The molecule has 3 rings (SSSR count). The molecule has 0 unspecified atom stereocenters. The van der Waals surface area contributed by atoms with Gasteiger partial charge in [-0.2, -0.15) is 5.10 Å². The molecule has 0 aliphatic heterocycles. The number of aromatic nitrogens is 3. The highest BCUT2D eigenvalue weighted by atomic mass is 32.1. The van der Waals surface area contributed by atoms with E-state index in [0.717, 1.165) is 16.8 Å². The van der Waals surface area contributed by atoms with Gasteiger partial charge in [-0.05, 0) is 44.9 Å². The molecule has 3 aromatic rings. The van der Waals surface area contributed by atoms with Crippen molar-refractivity contribution in [2.45, 2.75) is 47.3 Å². The van der Waals surface area contributed by atoms with Crippen LogP contribution in [0.2, 0.25) is 0 Å². The highest BCUT2D eigenvalue weighted by molar-refractivity contribution is 7.09. The fourth-order valence-corrected chi connectivity index (χ4v) is 3.90. The van der Waals surface area contributed by atoms with Gasteiger partial charge in [0.15, 0.2) is 0 Å². The summed E-state index contributed by atoms with van der Waals surface area (Å²) in [6.45, 7) is 6.63. The largest absolute Gasteiger partial charge is 0.458 e. The topological polar surface area (TPSA) is 129 Å². The Bertz CT molecular complexity index is 1180. The quantitative estimate of drug-likeness (QED) is 0.312. The SMILES string of the molecule is Cc1ccc(C)c(NC(=O)Cc2nc(COC(=O)Cn3nc(C)c([N+](=O)[O-])c3C)cs2)c1. The van der Waals surface area contributed by atoms with Crippen LogP contribution in [-0.2, 0) is 33.9 Å². The monoisotopic (exact) mass is 457 g/mol. The highest BCUT2D eigenvalue weighted by Crippen LogP contribution is 2.22. The second kappa shape index (κ2) is 9.69. The molecule has 11 heteroatoms. The molecule has 0 radical (unpaired) electrons. The first-order valence-corrected chi connectivity index (χ1v) is 10.7. The number of carbonyl (C=O) groups excluding carboxylic acids is 2. The first kappa shape index (κ1) is 23.1. The average molecular weight is 458 g/mol. The first-order chi connectivity index (χ1) is 15.1. The third kappa shape index (κ3) is 5.55. The molecule has 0 saturated heterocycles. The zero-order chi connectivity index (χ0) is 23.4. The Morgan fingerprint density at radius 3 is 2.69 bits per heavy atom. The number of nitrogens with one attached hydrogen (secondary N) is 1. The molecular formula is C21H23N5O5S. The van der Waals surface area contributed by atoms with Crippen LogP contribution in [0.4, 0.5) is 11.4 Å². The van der Waals surface area contributed by atoms with Crippen molar-refractivity contribution in [1.29, 1.82) is 0 Å². The number of rotatable bonds is 8. The van der Waals surface area contributed by atoms with Crippen LogP contribution in [0.25, 0.3) is 0 Å². The molecule has 0 aliphatic carbocycles. The molecule has 0 spiro atoms. The van der Waals surface area contributed by atoms with Crippen molar-refractivity contribution in [3.63, 3.8) is 0 Å². The van der Waals surface area contributed by atoms with Crippen LogP contribution < -0.4 is 5.32 Å². The van der Waals surface area contributed by atoms with Gasteiger partial charge in [0.25, 0.3) is 0 Å². The van der Waals surface area contributed by atoms with E-state index >= 15 is 0 Å². The zero-order valence-corrected chi connectivity index (χ0v) is 19.0. The van der Waals surface area contributed by atoms with Crippen molar-refractivity contribution < 1.29 is 19.2 Å². The van der Waals surface area contributed by atoms with Crippen molar-refractivity contribution >= 4 is 34.6 Å². The van der Waals surface area contributed by atoms with Crippen molar-refractivity contribution in [2.24, 2.45) is 0 Å². The Kier molecular flexibility index (Phi) is 6.98. The highest BCUT2D eigenvalue weighted by Gasteiger charge is 2.23. The van der Waals surface area contributed by atoms with Gasteiger partial charge in [0.05, 0.1) is 17.0 Å². The number of anilines is 1. The number of amides is 1. The normalized spacial score (nSPS) is 10.8. The smallest absolute Gasteiger partial charge is 0.328 e. The van der Waals surface area contributed by atoms with E-state index in [1.807, 2.05) is 32.0 Å². The maximum absolute atomic E-state index is 12.3. The van der Waals surface area contributed by atoms with E-state index in [0.29, 0.717) is 10.7 Å². The summed E-state index contributed by atoms with van der Waals surface area (Å²) in [7, 11) is 0. The summed E-state index contributed by atoms with van der Waals surface area (Å²) in [5, 5.41) is 20.3. The lowest BCUT2D eigenvalue weighted by atomic mass is 10.1. The third-order valence-corrected chi connectivity index (χ3v) is 5.66. The minimum atomic E-state index is -0.590. The Labute approximate surface area is 188 Å². The van der Waals surface area contributed by atoms with E-state index in [-0.39, 0.29) is 42.6 Å². The molecule has 168 valence electrons. The van der Waals surface area contributed by atoms with E-state index in [9.17, 15) is 19.7 Å². The fourth-order valence-electron chi connectivity index (χ4n) is 3.13. The predicted molar refractivity (Wildman–Crippen MR) is 119 cm³/mol. The van der Waals surface area contributed by atoms with Gasteiger partial charge in [-0.3, -0.25) is 24.4 Å². The van der Waals surface area contributed by atoms with Crippen LogP contribution in [0.15, 0.2) is 23.6 Å². The summed E-state index contributed by atoms with van der Waals surface area (Å²) >= 11 is 1.31. The van der Waals surface area contributed by atoms with Crippen molar-refractivity contribution in [2.75, 3.05) is 5.32 Å². The molecule has 0 atom stereocenters. The Morgan fingerprint density at radius 1 is 1.25 bits per heavy atom. The number of ether oxygens (including phenoxy) is 1. The predicted octanol–water partition coefficient (Wildman–Crippen LogP) is 3.41. The van der Waals surface area contributed by atoms with Gasteiger partial charge in [-0.1, -0.05) is 12.1 Å². The summed E-state index contributed by atoms with van der Waals surface area (Å²) in [4.78, 5) is 39.4. The van der Waals surface area contributed by atoms with E-state index in [4.69, 9.17) is 4.74 Å². The Balaban J connectivity index is 1.52. The third-order valence-electron chi connectivity index (χ3n) is 4.76. The lowest BCUT2D eigenvalue weighted by Crippen LogP contribution is -2.16. The maximum atomic E-state index is 12.3. The molecule has 2 heterocycles. The summed E-state index contributed by atoms with van der Waals surface area (Å²) in [6, 6.07) is 5.85. The molecule has 32 heavy (non-hydrogen) atoms. The Morgan fingerprint density at radius 2 is 2.00 bits per heavy atom. The zero-order valence-electron chi connectivity index (χ0n) is 18.2. The van der Waals surface area contributed by atoms with Gasteiger partial charge in [0.2, 0.25) is 5.91 Å². The van der Waals surface area contributed by atoms with Crippen LogP contribution in [0.1, 0.15) is 33.2 Å². The molecule has 10 nitrogen and oxygen atoms in total. The van der Waals surface area contributed by atoms with Crippen molar-refractivity contribution in [1.82, 2.24) is 14.8 Å². The van der Waals surface area contributed by atoms with Gasteiger partial charge in [-0.25, -0.2) is 4.98 Å². The number of hydrogen-bond acceptors (Lipinski definition) is 8. The van der Waals surface area contributed by atoms with Gasteiger partial charge in [-0.15, -0.1) is 11.3 Å². The van der Waals surface area contributed by atoms with Crippen molar-refractivity contribution in [3.8, 4) is 0 Å². The van der Waals surface area contributed by atoms with E-state index < -0.39 is 10.9 Å². The number of esters is 1. The molecule has 0 bridgehead atoms. The molecule has 1 N–H and O–H groups in total. The number of aryl methyl sites for hydroxylation is 3. The molecule has 0 saturated carbocycles. The molecule has 2 aromatic heterocycles. The number of carbonyl (C=O) groups is 2. The van der Waals surface area contributed by atoms with E-state index in [1.165, 1.54) is 29.9 Å². The maximum Gasteiger partial charge on any atom is 0.328 e. The minimum absolute atomic E-state index is 0.0602. The number of nitro groups is 1. The molecular weight excluding hydrogens is 434 g/mol. The van der Waals surface area contributed by atoms with Gasteiger partial charge < -0.3 is 10.1 Å². The lowest BCUT2D eigenvalue weighted by molar-refractivity contribution is -0.386. The molecule has 0 aliphatic rings. The summed E-state index contributed by atoms with van der Waals surface area (Å²) in [5.74, 6) is -0.768. The number of thiazole rings is 1. The van der Waals surface area contributed by atoms with Crippen LogP contribution in [0, 0.1) is 37.8 Å². The Hall–Kier alpha value is -3.60. The molecule has 1 aromatic carbocycles. The van der Waals surface area contributed by atoms with Crippen LogP contribution in [-0.4, -0.2) is 31.6 Å². The van der Waals surface area contributed by atoms with Crippen LogP contribution >= 0.6 is 11.3 Å². The fraction of sp³-hybridized carbons (Fsp3) is 0.333. The summed E-state index contributed by atoms with van der Waals surface area (Å²) in [6.07, 6.45) is 0.113. The first-order valence-electron chi connectivity index (χ1n) is 9.78.